The van der Waals surface area contributed by atoms with Crippen LogP contribution in [0.25, 0.3) is 0 Å². The predicted octanol–water partition coefficient (Wildman–Crippen LogP) is 3.12. The van der Waals surface area contributed by atoms with Gasteiger partial charge in [0.05, 0.1) is 6.04 Å². The monoisotopic (exact) mass is 189 g/mol. The molecule has 2 rings (SSSR count). The lowest BCUT2D eigenvalue weighted by molar-refractivity contribution is 0.261. The van der Waals surface area contributed by atoms with Gasteiger partial charge in [-0.2, -0.15) is 0 Å². The second-order valence-electron chi connectivity index (χ2n) is 4.63. The number of likely N-dealkylation sites (N-methyl/N-ethyl adjacent to an activating group) is 1. The van der Waals surface area contributed by atoms with Gasteiger partial charge in [-0.1, -0.05) is 36.8 Å². The van der Waals surface area contributed by atoms with E-state index in [9.17, 15) is 0 Å². The Morgan fingerprint density at radius 2 is 2.14 bits per heavy atom. The van der Waals surface area contributed by atoms with Crippen molar-refractivity contribution in [3.63, 3.8) is 0 Å². The van der Waals surface area contributed by atoms with E-state index in [1.54, 1.807) is 0 Å². The number of allylic oxidation sites excluding steroid dienone is 3. The smallest absolute Gasteiger partial charge is 0.0599 e. The molecule has 2 aliphatic rings. The quantitative estimate of drug-likeness (QED) is 0.612. The van der Waals surface area contributed by atoms with Gasteiger partial charge in [0.1, 0.15) is 0 Å². The Hall–Kier alpha value is -0.980. The van der Waals surface area contributed by atoms with Gasteiger partial charge in [-0.05, 0) is 20.8 Å². The van der Waals surface area contributed by atoms with Crippen molar-refractivity contribution in [3.05, 3.63) is 35.6 Å². The van der Waals surface area contributed by atoms with E-state index in [4.69, 9.17) is 0 Å². The molecule has 1 aliphatic heterocycles. The molecule has 14 heavy (non-hydrogen) atoms. The third-order valence-electron chi connectivity index (χ3n) is 3.41. The normalized spacial score (nSPS) is 35.4. The van der Waals surface area contributed by atoms with Crippen LogP contribution in [0.3, 0.4) is 0 Å². The fourth-order valence-electron chi connectivity index (χ4n) is 2.65. The number of fused-ring (bicyclic) bond motifs is 1. The molecule has 0 aromatic rings. The summed E-state index contributed by atoms with van der Waals surface area (Å²) in [6, 6.07) is 0.539. The fourth-order valence-corrected chi connectivity index (χ4v) is 2.65. The van der Waals surface area contributed by atoms with Gasteiger partial charge in [0, 0.05) is 17.7 Å². The minimum atomic E-state index is 0.222. The van der Waals surface area contributed by atoms with Crippen molar-refractivity contribution in [2.45, 2.75) is 33.7 Å². The van der Waals surface area contributed by atoms with E-state index in [0.29, 0.717) is 6.04 Å². The number of hydrogen-bond acceptors (Lipinski definition) is 1. The third kappa shape index (κ3) is 1.23. The van der Waals surface area contributed by atoms with Crippen LogP contribution in [0.15, 0.2) is 35.6 Å². The highest BCUT2D eigenvalue weighted by Gasteiger charge is 2.39. The predicted molar refractivity (Wildman–Crippen MR) is 60.9 cm³/mol. The van der Waals surface area contributed by atoms with Crippen molar-refractivity contribution in [2.24, 2.45) is 5.41 Å². The summed E-state index contributed by atoms with van der Waals surface area (Å²) in [6.07, 6.45) is 9.35. The first-order chi connectivity index (χ1) is 6.57. The summed E-state index contributed by atoms with van der Waals surface area (Å²) in [4.78, 5) is 2.48. The van der Waals surface area contributed by atoms with E-state index in [0.717, 1.165) is 6.54 Å². The Morgan fingerprint density at radius 3 is 2.79 bits per heavy atom. The second-order valence-corrected chi connectivity index (χ2v) is 4.63. The molecule has 0 spiro atoms. The molecule has 0 N–H and O–H groups in total. The molecule has 0 saturated carbocycles. The first kappa shape index (κ1) is 9.57. The highest BCUT2D eigenvalue weighted by molar-refractivity contribution is 5.38. The lowest BCUT2D eigenvalue weighted by atomic mass is 9.79. The van der Waals surface area contributed by atoms with Crippen molar-refractivity contribution in [3.8, 4) is 0 Å². The summed E-state index contributed by atoms with van der Waals surface area (Å²) in [5.74, 6) is 0. The van der Waals surface area contributed by atoms with Crippen LogP contribution in [-0.4, -0.2) is 17.5 Å². The van der Waals surface area contributed by atoms with E-state index in [2.05, 4.69) is 56.9 Å². The lowest BCUT2D eigenvalue weighted by Gasteiger charge is -2.35. The fraction of sp³-hybridized carbons (Fsp3) is 0.538. The Balaban J connectivity index is 2.40. The molecule has 1 aliphatic carbocycles. The zero-order chi connectivity index (χ0) is 10.3. The van der Waals surface area contributed by atoms with Gasteiger partial charge in [0.25, 0.3) is 0 Å². The van der Waals surface area contributed by atoms with Gasteiger partial charge < -0.3 is 4.90 Å². The van der Waals surface area contributed by atoms with Gasteiger partial charge in [0.15, 0.2) is 0 Å². The molecule has 76 valence electrons. The van der Waals surface area contributed by atoms with Crippen molar-refractivity contribution in [2.75, 3.05) is 6.54 Å². The molecular weight excluding hydrogens is 170 g/mol. The van der Waals surface area contributed by atoms with Crippen LogP contribution in [0.4, 0.5) is 0 Å². The summed E-state index contributed by atoms with van der Waals surface area (Å²) >= 11 is 0. The minimum Gasteiger partial charge on any atom is -0.368 e. The molecule has 0 aromatic heterocycles. The van der Waals surface area contributed by atoms with E-state index >= 15 is 0 Å². The summed E-state index contributed by atoms with van der Waals surface area (Å²) < 4.78 is 0. The Bertz CT molecular complexity index is 335. The first-order valence-electron chi connectivity index (χ1n) is 5.40. The zero-order valence-corrected chi connectivity index (χ0v) is 9.54. The maximum atomic E-state index is 2.48. The summed E-state index contributed by atoms with van der Waals surface area (Å²) in [5.41, 5.74) is 3.02. The van der Waals surface area contributed by atoms with Gasteiger partial charge in [-0.3, -0.25) is 0 Å². The molecule has 0 bridgehead atoms. The lowest BCUT2D eigenvalue weighted by Crippen LogP contribution is -2.38. The molecule has 1 heteroatoms. The second kappa shape index (κ2) is 3.01. The van der Waals surface area contributed by atoms with Crippen molar-refractivity contribution in [1.82, 2.24) is 4.90 Å². The van der Waals surface area contributed by atoms with Crippen LogP contribution in [0.2, 0.25) is 0 Å². The molecule has 2 atom stereocenters. The van der Waals surface area contributed by atoms with Crippen LogP contribution in [0, 0.1) is 5.41 Å². The highest BCUT2D eigenvalue weighted by atomic mass is 15.2. The van der Waals surface area contributed by atoms with E-state index in [-0.39, 0.29) is 5.41 Å². The largest absolute Gasteiger partial charge is 0.368 e. The molecule has 1 nitrogen and oxygen atoms in total. The molecule has 0 radical (unpaired) electrons. The van der Waals surface area contributed by atoms with E-state index < -0.39 is 0 Å². The van der Waals surface area contributed by atoms with Crippen LogP contribution >= 0.6 is 0 Å². The molecular formula is C13H19N. The van der Waals surface area contributed by atoms with Crippen LogP contribution in [0.5, 0.6) is 0 Å². The van der Waals surface area contributed by atoms with Crippen molar-refractivity contribution < 1.29 is 0 Å². The third-order valence-corrected chi connectivity index (χ3v) is 3.41. The molecule has 0 saturated heterocycles. The van der Waals surface area contributed by atoms with E-state index in [1.165, 1.54) is 11.3 Å². The van der Waals surface area contributed by atoms with Gasteiger partial charge >= 0.3 is 0 Å². The van der Waals surface area contributed by atoms with Crippen LogP contribution in [0.1, 0.15) is 27.7 Å². The minimum absolute atomic E-state index is 0.222. The number of rotatable bonds is 1. The van der Waals surface area contributed by atoms with E-state index in [1.807, 2.05) is 0 Å². The number of nitrogens with zero attached hydrogens (tertiary/aromatic N) is 1. The molecule has 0 aromatic carbocycles. The first-order valence-corrected chi connectivity index (χ1v) is 5.40. The van der Waals surface area contributed by atoms with Crippen molar-refractivity contribution >= 4 is 0 Å². The van der Waals surface area contributed by atoms with Crippen molar-refractivity contribution in [1.29, 1.82) is 0 Å². The Morgan fingerprint density at radius 1 is 1.43 bits per heavy atom. The number of hydrogen-bond donors (Lipinski definition) is 0. The molecule has 0 amide bonds. The maximum absolute atomic E-state index is 2.48. The van der Waals surface area contributed by atoms with Gasteiger partial charge in [-0.25, -0.2) is 0 Å². The topological polar surface area (TPSA) is 3.24 Å². The average Bonchev–Trinajstić information content (AvgIpc) is 2.36. The highest BCUT2D eigenvalue weighted by Crippen LogP contribution is 2.42. The zero-order valence-electron chi connectivity index (χ0n) is 9.54. The van der Waals surface area contributed by atoms with Gasteiger partial charge in [0.2, 0.25) is 0 Å². The standard InChI is InChI=1S/C13H19N/c1-5-14-11(3)9-13(4)7-6-10(2)8-12(13)14/h6-9,12H,5H2,1-4H3. The molecule has 1 heterocycles. The molecule has 2 unspecified atom stereocenters. The Labute approximate surface area is 86.8 Å². The summed E-state index contributed by atoms with van der Waals surface area (Å²) in [7, 11) is 0. The SMILES string of the molecule is CCN1C(C)=CC2(C)C=CC(C)=CC12. The van der Waals surface area contributed by atoms with Crippen LogP contribution < -0.4 is 0 Å². The van der Waals surface area contributed by atoms with Gasteiger partial charge in [-0.15, -0.1) is 0 Å². The van der Waals surface area contributed by atoms with Crippen LogP contribution in [-0.2, 0) is 0 Å². The summed E-state index contributed by atoms with van der Waals surface area (Å²) in [5, 5.41) is 0. The average molecular weight is 189 g/mol. The Kier molecular flexibility index (Phi) is 2.06. The summed E-state index contributed by atoms with van der Waals surface area (Å²) in [6.45, 7) is 10.0. The molecule has 0 fully saturated rings. The maximum Gasteiger partial charge on any atom is 0.0599 e.